The third-order valence-corrected chi connectivity index (χ3v) is 3.78. The molecule has 6 nitrogen and oxygen atoms in total. The average Bonchev–Trinajstić information content (AvgIpc) is 2.95. The van der Waals surface area contributed by atoms with Gasteiger partial charge in [0.1, 0.15) is 11.4 Å². The maximum atomic E-state index is 12.2. The Hall–Kier alpha value is -2.41. The largest absolute Gasteiger partial charge is 0.477 e. The van der Waals surface area contributed by atoms with Crippen molar-refractivity contribution in [2.75, 3.05) is 17.2 Å². The van der Waals surface area contributed by atoms with Crippen LogP contribution in [-0.2, 0) is 4.79 Å². The number of ketones is 1. The summed E-state index contributed by atoms with van der Waals surface area (Å²) >= 11 is 1.22. The highest BCUT2D eigenvalue weighted by Crippen LogP contribution is 2.28. The van der Waals surface area contributed by atoms with Crippen LogP contribution >= 0.6 is 11.3 Å². The number of thiazole rings is 1. The first-order valence-corrected chi connectivity index (χ1v) is 7.28. The van der Waals surface area contributed by atoms with Gasteiger partial charge in [0.05, 0.1) is 12.2 Å². The van der Waals surface area contributed by atoms with E-state index in [0.717, 1.165) is 5.69 Å². The summed E-state index contributed by atoms with van der Waals surface area (Å²) in [4.78, 5) is 27.4. The molecule has 0 saturated carbocycles. The Kier molecular flexibility index (Phi) is 3.57. The highest BCUT2D eigenvalue weighted by Gasteiger charge is 2.26. The Morgan fingerprint density at radius 2 is 2.24 bits per heavy atom. The molecule has 1 unspecified atom stereocenters. The molecule has 108 valence electrons. The van der Waals surface area contributed by atoms with Crippen LogP contribution in [0.4, 0.5) is 10.8 Å². The number of anilines is 2. The van der Waals surface area contributed by atoms with Crippen molar-refractivity contribution in [2.45, 2.75) is 13.0 Å². The van der Waals surface area contributed by atoms with Crippen molar-refractivity contribution >= 4 is 33.8 Å². The Labute approximate surface area is 125 Å². The Morgan fingerprint density at radius 1 is 1.43 bits per heavy atom. The van der Waals surface area contributed by atoms with Crippen LogP contribution in [0.3, 0.4) is 0 Å². The molecule has 21 heavy (non-hydrogen) atoms. The molecular formula is C14H13N3O3S. The van der Waals surface area contributed by atoms with E-state index in [9.17, 15) is 9.59 Å². The zero-order valence-electron chi connectivity index (χ0n) is 11.3. The molecule has 1 atom stereocenters. The van der Waals surface area contributed by atoms with Gasteiger partial charge in [-0.15, -0.1) is 11.3 Å². The van der Waals surface area contributed by atoms with Crippen molar-refractivity contribution < 1.29 is 14.3 Å². The monoisotopic (exact) mass is 303 g/mol. The van der Waals surface area contributed by atoms with Crippen molar-refractivity contribution in [3.63, 3.8) is 0 Å². The summed E-state index contributed by atoms with van der Waals surface area (Å²) < 4.78 is 5.66. The lowest BCUT2D eigenvalue weighted by Crippen LogP contribution is -2.41. The quantitative estimate of drug-likeness (QED) is 0.849. The lowest BCUT2D eigenvalue weighted by molar-refractivity contribution is -0.122. The molecule has 0 saturated heterocycles. The number of nitrogens with one attached hydrogen (secondary N) is 2. The zero-order chi connectivity index (χ0) is 14.8. The SMILES string of the molecule is CC(=O)c1csc(NC(=O)C2CNc3ccccc3O2)n1. The molecule has 1 amide bonds. The standard InChI is InChI=1S/C14H13N3O3S/c1-8(18)10-7-21-14(16-10)17-13(19)12-6-15-9-4-2-3-5-11(9)20-12/h2-5,7,12,15H,6H2,1H3,(H,16,17,19). The molecule has 0 spiro atoms. The number of para-hydroxylation sites is 2. The number of hydrogen-bond acceptors (Lipinski definition) is 6. The van der Waals surface area contributed by atoms with E-state index in [4.69, 9.17) is 4.74 Å². The number of carbonyl (C=O) groups excluding carboxylic acids is 2. The highest BCUT2D eigenvalue weighted by atomic mass is 32.1. The minimum Gasteiger partial charge on any atom is -0.477 e. The number of benzene rings is 1. The molecule has 3 rings (SSSR count). The molecule has 1 aliphatic rings. The fourth-order valence-corrected chi connectivity index (χ4v) is 2.69. The van der Waals surface area contributed by atoms with Crippen LogP contribution in [0.2, 0.25) is 0 Å². The maximum absolute atomic E-state index is 12.2. The number of hydrogen-bond donors (Lipinski definition) is 2. The van der Waals surface area contributed by atoms with Gasteiger partial charge < -0.3 is 10.1 Å². The van der Waals surface area contributed by atoms with Gasteiger partial charge in [-0.3, -0.25) is 14.9 Å². The van der Waals surface area contributed by atoms with Gasteiger partial charge >= 0.3 is 0 Å². The maximum Gasteiger partial charge on any atom is 0.269 e. The van der Waals surface area contributed by atoms with Crippen LogP contribution in [-0.4, -0.2) is 29.3 Å². The lowest BCUT2D eigenvalue weighted by Gasteiger charge is -2.26. The molecule has 0 bridgehead atoms. The molecular weight excluding hydrogens is 290 g/mol. The first kappa shape index (κ1) is 13.6. The summed E-state index contributed by atoms with van der Waals surface area (Å²) in [5.74, 6) is 0.227. The number of ether oxygens (including phenoxy) is 1. The van der Waals surface area contributed by atoms with E-state index >= 15 is 0 Å². The van der Waals surface area contributed by atoms with Crippen LogP contribution in [0.1, 0.15) is 17.4 Å². The minimum absolute atomic E-state index is 0.128. The third-order valence-electron chi connectivity index (χ3n) is 3.02. The molecule has 0 fully saturated rings. The Balaban J connectivity index is 1.67. The van der Waals surface area contributed by atoms with Crippen LogP contribution in [0, 0.1) is 0 Å². The average molecular weight is 303 g/mol. The minimum atomic E-state index is -0.635. The fourth-order valence-electron chi connectivity index (χ4n) is 1.94. The van der Waals surface area contributed by atoms with Crippen LogP contribution < -0.4 is 15.4 Å². The van der Waals surface area contributed by atoms with Gasteiger partial charge in [0.2, 0.25) is 0 Å². The molecule has 0 radical (unpaired) electrons. The molecule has 2 aromatic rings. The lowest BCUT2D eigenvalue weighted by atomic mass is 10.2. The third kappa shape index (κ3) is 2.87. The first-order valence-electron chi connectivity index (χ1n) is 6.40. The van der Waals surface area contributed by atoms with Crippen molar-refractivity contribution in [1.29, 1.82) is 0 Å². The number of nitrogens with zero attached hydrogens (tertiary/aromatic N) is 1. The second-order valence-corrected chi connectivity index (χ2v) is 5.42. The van der Waals surface area contributed by atoms with Crippen molar-refractivity contribution in [3.05, 3.63) is 35.3 Å². The molecule has 1 aliphatic heterocycles. The van der Waals surface area contributed by atoms with Gasteiger partial charge in [0.15, 0.2) is 17.0 Å². The van der Waals surface area contributed by atoms with Gasteiger partial charge in [0, 0.05) is 12.3 Å². The highest BCUT2D eigenvalue weighted by molar-refractivity contribution is 7.14. The van der Waals surface area contributed by atoms with Crippen molar-refractivity contribution in [1.82, 2.24) is 4.98 Å². The fraction of sp³-hybridized carbons (Fsp3) is 0.214. The van der Waals surface area contributed by atoms with Gasteiger partial charge in [-0.05, 0) is 12.1 Å². The molecule has 0 aliphatic carbocycles. The Morgan fingerprint density at radius 3 is 3.00 bits per heavy atom. The summed E-state index contributed by atoms with van der Waals surface area (Å²) in [6, 6.07) is 7.44. The number of Topliss-reactive ketones (excluding diaryl/α,β-unsaturated/α-hetero) is 1. The van der Waals surface area contributed by atoms with Gasteiger partial charge in [-0.1, -0.05) is 12.1 Å². The summed E-state index contributed by atoms with van der Waals surface area (Å²) in [5.41, 5.74) is 1.22. The number of carbonyl (C=O) groups is 2. The van der Waals surface area contributed by atoms with Crippen LogP contribution in [0.15, 0.2) is 29.6 Å². The normalized spacial score (nSPS) is 16.3. The summed E-state index contributed by atoms with van der Waals surface area (Å²) in [6.07, 6.45) is -0.635. The van der Waals surface area contributed by atoms with Crippen molar-refractivity contribution in [3.8, 4) is 5.75 Å². The van der Waals surface area contributed by atoms with E-state index in [0.29, 0.717) is 23.1 Å². The van der Waals surface area contributed by atoms with Crippen molar-refractivity contribution in [2.24, 2.45) is 0 Å². The van der Waals surface area contributed by atoms with Crippen LogP contribution in [0.25, 0.3) is 0 Å². The summed E-state index contributed by atoms with van der Waals surface area (Å²) in [7, 11) is 0. The second-order valence-electron chi connectivity index (χ2n) is 4.57. The van der Waals surface area contributed by atoms with E-state index in [-0.39, 0.29) is 11.7 Å². The predicted octanol–water partition coefficient (Wildman–Crippen LogP) is 2.16. The van der Waals surface area contributed by atoms with Gasteiger partial charge in [0.25, 0.3) is 5.91 Å². The van der Waals surface area contributed by atoms with Gasteiger partial charge in [-0.2, -0.15) is 0 Å². The topological polar surface area (TPSA) is 80.3 Å². The van der Waals surface area contributed by atoms with E-state index < -0.39 is 6.10 Å². The first-order chi connectivity index (χ1) is 10.1. The van der Waals surface area contributed by atoms with E-state index in [1.165, 1.54) is 18.3 Å². The number of fused-ring (bicyclic) bond motifs is 1. The Bertz CT molecular complexity index is 698. The molecule has 1 aromatic carbocycles. The zero-order valence-corrected chi connectivity index (χ0v) is 12.1. The van der Waals surface area contributed by atoms with Crippen LogP contribution in [0.5, 0.6) is 5.75 Å². The van der Waals surface area contributed by atoms with Gasteiger partial charge in [-0.25, -0.2) is 4.98 Å². The molecule has 7 heteroatoms. The summed E-state index contributed by atoms with van der Waals surface area (Å²) in [5, 5.41) is 7.83. The van der Waals surface area contributed by atoms with E-state index in [2.05, 4.69) is 15.6 Å². The second kappa shape index (κ2) is 5.53. The van der Waals surface area contributed by atoms with E-state index in [1.54, 1.807) is 11.4 Å². The molecule has 2 N–H and O–H groups in total. The van der Waals surface area contributed by atoms with E-state index in [1.807, 2.05) is 18.2 Å². The smallest absolute Gasteiger partial charge is 0.269 e. The number of rotatable bonds is 3. The number of amides is 1. The predicted molar refractivity (Wildman–Crippen MR) is 80.1 cm³/mol. The molecule has 1 aromatic heterocycles. The summed E-state index contributed by atoms with van der Waals surface area (Å²) in [6.45, 7) is 1.82. The number of aromatic nitrogens is 1. The molecule has 2 heterocycles.